The quantitative estimate of drug-likeness (QED) is 0.840. The summed E-state index contributed by atoms with van der Waals surface area (Å²) in [4.78, 5) is 12.4. The number of sulfonamides is 1. The van der Waals surface area contributed by atoms with Gasteiger partial charge < -0.3 is 15.4 Å². The summed E-state index contributed by atoms with van der Waals surface area (Å²) in [5, 5.41) is 5.37. The SMILES string of the molecule is COc1ccccc1NC(=O)Nc1ccc(S(=O)(=O)N2CCCC2)cc1. The zero-order chi connectivity index (χ0) is 18.6. The van der Waals surface area contributed by atoms with E-state index in [0.717, 1.165) is 12.8 Å². The first-order valence-corrected chi connectivity index (χ1v) is 9.76. The average Bonchev–Trinajstić information content (AvgIpc) is 3.18. The largest absolute Gasteiger partial charge is 0.495 e. The lowest BCUT2D eigenvalue weighted by molar-refractivity contribution is 0.262. The molecule has 0 spiro atoms. The number of carbonyl (C=O) groups is 1. The molecule has 1 saturated heterocycles. The number of carbonyl (C=O) groups excluding carboxylic acids is 1. The molecule has 0 unspecified atom stereocenters. The molecule has 1 fully saturated rings. The summed E-state index contributed by atoms with van der Waals surface area (Å²) >= 11 is 0. The summed E-state index contributed by atoms with van der Waals surface area (Å²) in [6.45, 7) is 1.12. The fourth-order valence-corrected chi connectivity index (χ4v) is 4.34. The summed E-state index contributed by atoms with van der Waals surface area (Å²) in [6.07, 6.45) is 1.78. The summed E-state index contributed by atoms with van der Waals surface area (Å²) in [5.41, 5.74) is 1.04. The predicted molar refractivity (Wildman–Crippen MR) is 100 cm³/mol. The highest BCUT2D eigenvalue weighted by atomic mass is 32.2. The lowest BCUT2D eigenvalue weighted by Crippen LogP contribution is -2.27. The van der Waals surface area contributed by atoms with Gasteiger partial charge in [-0.1, -0.05) is 12.1 Å². The van der Waals surface area contributed by atoms with Crippen molar-refractivity contribution in [2.24, 2.45) is 0 Å². The van der Waals surface area contributed by atoms with E-state index in [1.54, 1.807) is 36.4 Å². The van der Waals surface area contributed by atoms with Crippen molar-refractivity contribution in [1.29, 1.82) is 0 Å². The molecule has 0 bridgehead atoms. The number of hydrogen-bond acceptors (Lipinski definition) is 4. The smallest absolute Gasteiger partial charge is 0.323 e. The van der Waals surface area contributed by atoms with E-state index in [4.69, 9.17) is 4.74 Å². The zero-order valence-corrected chi connectivity index (χ0v) is 15.3. The number of urea groups is 1. The fourth-order valence-electron chi connectivity index (χ4n) is 2.82. The Labute approximate surface area is 153 Å². The van der Waals surface area contributed by atoms with Crippen molar-refractivity contribution in [3.63, 3.8) is 0 Å². The normalized spacial score (nSPS) is 14.8. The summed E-state index contributed by atoms with van der Waals surface area (Å²) < 4.78 is 31.7. The Morgan fingerprint density at radius 3 is 2.31 bits per heavy atom. The maximum absolute atomic E-state index is 12.5. The number of para-hydroxylation sites is 2. The van der Waals surface area contributed by atoms with Crippen LogP contribution in [0.5, 0.6) is 5.75 Å². The molecule has 1 aliphatic heterocycles. The number of nitrogens with one attached hydrogen (secondary N) is 2. The lowest BCUT2D eigenvalue weighted by atomic mass is 10.3. The van der Waals surface area contributed by atoms with Crippen molar-refractivity contribution in [3.8, 4) is 5.75 Å². The highest BCUT2D eigenvalue weighted by Crippen LogP contribution is 2.24. The first kappa shape index (κ1) is 18.2. The number of nitrogens with zero attached hydrogens (tertiary/aromatic N) is 1. The number of rotatable bonds is 5. The van der Waals surface area contributed by atoms with Gasteiger partial charge in [0.15, 0.2) is 0 Å². The second kappa shape index (κ2) is 7.76. The molecule has 0 atom stereocenters. The van der Waals surface area contributed by atoms with E-state index in [1.165, 1.54) is 23.5 Å². The fraction of sp³-hybridized carbons (Fsp3) is 0.278. The van der Waals surface area contributed by atoms with Gasteiger partial charge in [0.2, 0.25) is 10.0 Å². The zero-order valence-electron chi connectivity index (χ0n) is 14.4. The molecule has 0 radical (unpaired) electrons. The van der Waals surface area contributed by atoms with Gasteiger partial charge in [-0.3, -0.25) is 0 Å². The second-order valence-corrected chi connectivity index (χ2v) is 7.85. The number of benzene rings is 2. The minimum Gasteiger partial charge on any atom is -0.495 e. The van der Waals surface area contributed by atoms with Crippen LogP contribution in [-0.2, 0) is 10.0 Å². The van der Waals surface area contributed by atoms with Crippen LogP contribution in [0, 0.1) is 0 Å². The Bertz CT molecular complexity index is 876. The molecule has 2 N–H and O–H groups in total. The Morgan fingerprint density at radius 2 is 1.65 bits per heavy atom. The van der Waals surface area contributed by atoms with Gasteiger partial charge >= 0.3 is 6.03 Å². The third-order valence-electron chi connectivity index (χ3n) is 4.17. The van der Waals surface area contributed by atoms with Crippen LogP contribution in [0.3, 0.4) is 0 Å². The van der Waals surface area contributed by atoms with Crippen LogP contribution < -0.4 is 15.4 Å². The first-order chi connectivity index (χ1) is 12.5. The maximum Gasteiger partial charge on any atom is 0.323 e. The molecule has 0 aliphatic carbocycles. The van der Waals surface area contributed by atoms with Crippen LogP contribution in [0.25, 0.3) is 0 Å². The standard InChI is InChI=1S/C18H21N3O4S/c1-25-17-7-3-2-6-16(17)20-18(22)19-14-8-10-15(11-9-14)26(23,24)21-12-4-5-13-21/h2-3,6-11H,4-5,12-13H2,1H3,(H2,19,20,22). The molecular formula is C18H21N3O4S. The lowest BCUT2D eigenvalue weighted by Gasteiger charge is -2.16. The predicted octanol–water partition coefficient (Wildman–Crippen LogP) is 3.12. The molecule has 7 nitrogen and oxygen atoms in total. The van der Waals surface area contributed by atoms with E-state index in [2.05, 4.69) is 10.6 Å². The molecule has 2 aromatic rings. The van der Waals surface area contributed by atoms with Crippen molar-refractivity contribution >= 4 is 27.4 Å². The van der Waals surface area contributed by atoms with Crippen molar-refractivity contribution in [3.05, 3.63) is 48.5 Å². The number of ether oxygens (including phenoxy) is 1. The van der Waals surface area contributed by atoms with Crippen molar-refractivity contribution in [1.82, 2.24) is 4.31 Å². The molecule has 8 heteroatoms. The molecule has 2 amide bonds. The summed E-state index contributed by atoms with van der Waals surface area (Å²) in [6, 6.07) is 12.8. The minimum atomic E-state index is -3.45. The number of amides is 2. The van der Waals surface area contributed by atoms with E-state index in [0.29, 0.717) is 30.2 Å². The van der Waals surface area contributed by atoms with E-state index >= 15 is 0 Å². The third-order valence-corrected chi connectivity index (χ3v) is 6.08. The van der Waals surface area contributed by atoms with Gasteiger partial charge in [-0.15, -0.1) is 0 Å². The molecular weight excluding hydrogens is 354 g/mol. The van der Waals surface area contributed by atoms with Crippen LogP contribution in [0.15, 0.2) is 53.4 Å². The van der Waals surface area contributed by atoms with Gasteiger partial charge in [0.25, 0.3) is 0 Å². The van der Waals surface area contributed by atoms with Crippen LogP contribution >= 0.6 is 0 Å². The van der Waals surface area contributed by atoms with Crippen molar-refractivity contribution in [2.45, 2.75) is 17.7 Å². The minimum absolute atomic E-state index is 0.232. The van der Waals surface area contributed by atoms with Gasteiger partial charge in [-0.25, -0.2) is 13.2 Å². The second-order valence-electron chi connectivity index (χ2n) is 5.91. The topological polar surface area (TPSA) is 87.7 Å². The molecule has 2 aromatic carbocycles. The molecule has 3 rings (SSSR count). The Morgan fingerprint density at radius 1 is 1.00 bits per heavy atom. The van der Waals surface area contributed by atoms with E-state index in [1.807, 2.05) is 0 Å². The van der Waals surface area contributed by atoms with Gasteiger partial charge in [-0.2, -0.15) is 4.31 Å². The Kier molecular flexibility index (Phi) is 5.43. The van der Waals surface area contributed by atoms with Crippen LogP contribution in [0.2, 0.25) is 0 Å². The molecule has 1 heterocycles. The molecule has 0 aromatic heterocycles. The molecule has 1 aliphatic rings. The number of hydrogen-bond donors (Lipinski definition) is 2. The van der Waals surface area contributed by atoms with Gasteiger partial charge in [0.05, 0.1) is 17.7 Å². The highest BCUT2D eigenvalue weighted by Gasteiger charge is 2.26. The molecule has 26 heavy (non-hydrogen) atoms. The van der Waals surface area contributed by atoms with Crippen LogP contribution in [-0.4, -0.2) is 39.0 Å². The van der Waals surface area contributed by atoms with E-state index in [-0.39, 0.29) is 4.90 Å². The summed E-state index contributed by atoms with van der Waals surface area (Å²) in [7, 11) is -1.93. The average molecular weight is 375 g/mol. The highest BCUT2D eigenvalue weighted by molar-refractivity contribution is 7.89. The number of methoxy groups -OCH3 is 1. The maximum atomic E-state index is 12.5. The van der Waals surface area contributed by atoms with Crippen molar-refractivity contribution < 1.29 is 17.9 Å². The van der Waals surface area contributed by atoms with Crippen molar-refractivity contribution in [2.75, 3.05) is 30.8 Å². The molecule has 138 valence electrons. The Balaban J connectivity index is 1.66. The van der Waals surface area contributed by atoms with Crippen LogP contribution in [0.1, 0.15) is 12.8 Å². The Hall–Kier alpha value is -2.58. The third kappa shape index (κ3) is 3.97. The monoisotopic (exact) mass is 375 g/mol. The summed E-state index contributed by atoms with van der Waals surface area (Å²) in [5.74, 6) is 0.551. The van der Waals surface area contributed by atoms with Gasteiger partial charge in [0.1, 0.15) is 5.75 Å². The molecule has 0 saturated carbocycles. The van der Waals surface area contributed by atoms with Gasteiger partial charge in [0, 0.05) is 18.8 Å². The van der Waals surface area contributed by atoms with Crippen LogP contribution in [0.4, 0.5) is 16.2 Å². The van der Waals surface area contributed by atoms with E-state index in [9.17, 15) is 13.2 Å². The van der Waals surface area contributed by atoms with E-state index < -0.39 is 16.1 Å². The van der Waals surface area contributed by atoms with Gasteiger partial charge in [-0.05, 0) is 49.2 Å². The number of anilines is 2. The first-order valence-electron chi connectivity index (χ1n) is 8.32.